The maximum atomic E-state index is 11.3. The second-order valence-electron chi connectivity index (χ2n) is 4.04. The molecule has 0 bridgehead atoms. The fourth-order valence-corrected chi connectivity index (χ4v) is 1.69. The Kier molecular flexibility index (Phi) is 5.88. The highest BCUT2D eigenvalue weighted by Gasteiger charge is 2.12. The molecule has 0 spiro atoms. The predicted octanol–water partition coefficient (Wildman–Crippen LogP) is 2.40. The molecule has 18 heavy (non-hydrogen) atoms. The number of methoxy groups -OCH3 is 1. The minimum atomic E-state index is -0.364. The number of carbonyl (C=O) groups is 1. The molecule has 0 aliphatic rings. The lowest BCUT2D eigenvalue weighted by Crippen LogP contribution is -2.28. The van der Waals surface area contributed by atoms with Gasteiger partial charge >= 0.3 is 5.97 Å². The standard InChI is InChI=1S/C15H19NO2/c1-4-10-16(11-13(2)15(17)18-3)12-14-8-6-5-7-9-14/h4-9H,1-2,10-12H2,3H3. The van der Waals surface area contributed by atoms with Gasteiger partial charge in [-0.15, -0.1) is 6.58 Å². The van der Waals surface area contributed by atoms with Gasteiger partial charge in [0.1, 0.15) is 0 Å². The molecule has 0 atom stereocenters. The Morgan fingerprint density at radius 2 is 2.06 bits per heavy atom. The second kappa shape index (κ2) is 7.45. The molecule has 0 unspecified atom stereocenters. The van der Waals surface area contributed by atoms with Crippen LogP contribution in [0.1, 0.15) is 5.56 Å². The van der Waals surface area contributed by atoms with Crippen molar-refractivity contribution >= 4 is 5.97 Å². The van der Waals surface area contributed by atoms with Gasteiger partial charge in [-0.05, 0) is 5.56 Å². The maximum absolute atomic E-state index is 11.3. The van der Waals surface area contributed by atoms with Crippen LogP contribution in [-0.2, 0) is 16.1 Å². The average molecular weight is 245 g/mol. The number of hydrogen-bond acceptors (Lipinski definition) is 3. The molecule has 0 N–H and O–H groups in total. The van der Waals surface area contributed by atoms with Crippen molar-refractivity contribution in [3.8, 4) is 0 Å². The Labute approximate surface area is 108 Å². The Hall–Kier alpha value is -1.87. The molecule has 1 aromatic rings. The molecule has 3 nitrogen and oxygen atoms in total. The smallest absolute Gasteiger partial charge is 0.334 e. The summed E-state index contributed by atoms with van der Waals surface area (Å²) >= 11 is 0. The Morgan fingerprint density at radius 1 is 1.39 bits per heavy atom. The molecule has 0 radical (unpaired) electrons. The van der Waals surface area contributed by atoms with E-state index in [1.807, 2.05) is 24.3 Å². The van der Waals surface area contributed by atoms with Crippen molar-refractivity contribution in [1.29, 1.82) is 0 Å². The fraction of sp³-hybridized carbons (Fsp3) is 0.267. The van der Waals surface area contributed by atoms with Crippen molar-refractivity contribution < 1.29 is 9.53 Å². The third kappa shape index (κ3) is 4.55. The van der Waals surface area contributed by atoms with E-state index in [1.165, 1.54) is 12.7 Å². The number of carbonyl (C=O) groups excluding carboxylic acids is 1. The van der Waals surface area contributed by atoms with Crippen LogP contribution >= 0.6 is 0 Å². The fourth-order valence-electron chi connectivity index (χ4n) is 1.69. The summed E-state index contributed by atoms with van der Waals surface area (Å²) in [6, 6.07) is 10.1. The zero-order valence-electron chi connectivity index (χ0n) is 10.8. The first-order valence-electron chi connectivity index (χ1n) is 5.80. The third-order valence-corrected chi connectivity index (χ3v) is 2.52. The Bertz CT molecular complexity index is 412. The van der Waals surface area contributed by atoms with Gasteiger partial charge in [0.15, 0.2) is 0 Å². The van der Waals surface area contributed by atoms with Crippen LogP contribution in [-0.4, -0.2) is 31.1 Å². The van der Waals surface area contributed by atoms with E-state index in [0.717, 1.165) is 6.54 Å². The number of esters is 1. The highest BCUT2D eigenvalue weighted by Crippen LogP contribution is 2.07. The van der Waals surface area contributed by atoms with Gasteiger partial charge in [0.2, 0.25) is 0 Å². The van der Waals surface area contributed by atoms with Crippen LogP contribution in [0.15, 0.2) is 55.1 Å². The van der Waals surface area contributed by atoms with E-state index in [9.17, 15) is 4.79 Å². The summed E-state index contributed by atoms with van der Waals surface area (Å²) in [6.07, 6.45) is 1.81. The Balaban J connectivity index is 2.63. The van der Waals surface area contributed by atoms with Crippen molar-refractivity contribution in [2.75, 3.05) is 20.2 Å². The molecule has 0 aromatic heterocycles. The third-order valence-electron chi connectivity index (χ3n) is 2.52. The second-order valence-corrected chi connectivity index (χ2v) is 4.04. The van der Waals surface area contributed by atoms with Crippen molar-refractivity contribution in [1.82, 2.24) is 4.90 Å². The maximum Gasteiger partial charge on any atom is 0.334 e. The molecule has 0 saturated heterocycles. The van der Waals surface area contributed by atoms with Gasteiger partial charge in [-0.3, -0.25) is 4.90 Å². The van der Waals surface area contributed by atoms with Crippen LogP contribution in [0.5, 0.6) is 0 Å². The number of nitrogens with zero attached hydrogens (tertiary/aromatic N) is 1. The topological polar surface area (TPSA) is 29.5 Å². The van der Waals surface area contributed by atoms with Gasteiger partial charge in [0.05, 0.1) is 7.11 Å². The molecular weight excluding hydrogens is 226 g/mol. The van der Waals surface area contributed by atoms with E-state index in [-0.39, 0.29) is 5.97 Å². The largest absolute Gasteiger partial charge is 0.466 e. The number of rotatable bonds is 7. The van der Waals surface area contributed by atoms with Crippen molar-refractivity contribution in [3.63, 3.8) is 0 Å². The van der Waals surface area contributed by atoms with E-state index in [4.69, 9.17) is 0 Å². The van der Waals surface area contributed by atoms with E-state index in [1.54, 1.807) is 0 Å². The van der Waals surface area contributed by atoms with Gasteiger partial charge in [0, 0.05) is 25.2 Å². The minimum absolute atomic E-state index is 0.364. The Morgan fingerprint density at radius 3 is 2.61 bits per heavy atom. The summed E-state index contributed by atoms with van der Waals surface area (Å²) in [5.74, 6) is -0.364. The molecule has 0 saturated carbocycles. The summed E-state index contributed by atoms with van der Waals surface area (Å²) in [7, 11) is 1.36. The zero-order valence-corrected chi connectivity index (χ0v) is 10.8. The van der Waals surface area contributed by atoms with Crippen molar-refractivity contribution in [2.24, 2.45) is 0 Å². The van der Waals surface area contributed by atoms with Crippen LogP contribution in [0, 0.1) is 0 Å². The zero-order chi connectivity index (χ0) is 13.4. The van der Waals surface area contributed by atoms with E-state index in [0.29, 0.717) is 18.7 Å². The average Bonchev–Trinajstić information content (AvgIpc) is 2.39. The normalized spacial score (nSPS) is 10.1. The molecular formula is C15H19NO2. The SMILES string of the molecule is C=CCN(CC(=C)C(=O)OC)Cc1ccccc1. The summed E-state index contributed by atoms with van der Waals surface area (Å²) in [5, 5.41) is 0. The van der Waals surface area contributed by atoms with Gasteiger partial charge in [-0.2, -0.15) is 0 Å². The van der Waals surface area contributed by atoms with Crippen LogP contribution in [0.4, 0.5) is 0 Å². The quantitative estimate of drug-likeness (QED) is 0.420. The predicted molar refractivity (Wildman–Crippen MR) is 73.1 cm³/mol. The molecule has 0 heterocycles. The summed E-state index contributed by atoms with van der Waals surface area (Å²) in [5.41, 5.74) is 1.65. The number of benzene rings is 1. The van der Waals surface area contributed by atoms with Gasteiger partial charge in [-0.25, -0.2) is 4.79 Å². The first-order chi connectivity index (χ1) is 8.67. The summed E-state index contributed by atoms with van der Waals surface area (Å²) in [4.78, 5) is 13.4. The van der Waals surface area contributed by atoms with Crippen LogP contribution in [0.25, 0.3) is 0 Å². The number of hydrogen-bond donors (Lipinski definition) is 0. The molecule has 0 fully saturated rings. The van der Waals surface area contributed by atoms with Crippen LogP contribution in [0.2, 0.25) is 0 Å². The van der Waals surface area contributed by atoms with Crippen molar-refractivity contribution in [3.05, 3.63) is 60.7 Å². The number of ether oxygens (including phenoxy) is 1. The first-order valence-corrected chi connectivity index (χ1v) is 5.80. The van der Waals surface area contributed by atoms with Gasteiger partial charge < -0.3 is 4.74 Å². The monoisotopic (exact) mass is 245 g/mol. The lowest BCUT2D eigenvalue weighted by Gasteiger charge is -2.21. The molecule has 0 aliphatic carbocycles. The first kappa shape index (κ1) is 14.2. The molecule has 96 valence electrons. The van der Waals surface area contributed by atoms with Gasteiger partial charge in [-0.1, -0.05) is 43.0 Å². The highest BCUT2D eigenvalue weighted by molar-refractivity contribution is 5.88. The molecule has 1 aromatic carbocycles. The van der Waals surface area contributed by atoms with Crippen LogP contribution < -0.4 is 0 Å². The van der Waals surface area contributed by atoms with Gasteiger partial charge in [0.25, 0.3) is 0 Å². The molecule has 0 aliphatic heterocycles. The van der Waals surface area contributed by atoms with Crippen molar-refractivity contribution in [2.45, 2.75) is 6.54 Å². The lowest BCUT2D eigenvalue weighted by atomic mass is 10.2. The molecule has 0 amide bonds. The molecule has 1 rings (SSSR count). The molecule has 3 heteroatoms. The summed E-state index contributed by atoms with van der Waals surface area (Å²) in [6.45, 7) is 9.40. The summed E-state index contributed by atoms with van der Waals surface area (Å²) < 4.78 is 4.65. The minimum Gasteiger partial charge on any atom is -0.466 e. The van der Waals surface area contributed by atoms with Crippen LogP contribution in [0.3, 0.4) is 0 Å². The van der Waals surface area contributed by atoms with E-state index in [2.05, 4.69) is 34.9 Å². The highest BCUT2D eigenvalue weighted by atomic mass is 16.5. The lowest BCUT2D eigenvalue weighted by molar-refractivity contribution is -0.136. The van der Waals surface area contributed by atoms with E-state index < -0.39 is 0 Å². The van der Waals surface area contributed by atoms with E-state index >= 15 is 0 Å².